The van der Waals surface area contributed by atoms with Crippen molar-refractivity contribution in [1.29, 1.82) is 0 Å². The Labute approximate surface area is 143 Å². The minimum absolute atomic E-state index is 0.310. The molecule has 3 rings (SSSR count). The van der Waals surface area contributed by atoms with E-state index in [4.69, 9.17) is 9.47 Å². The number of halogens is 2. The number of hydrogen-bond acceptors (Lipinski definition) is 5. The first-order valence-corrected chi connectivity index (χ1v) is 7.85. The second-order valence-electron chi connectivity index (χ2n) is 4.22. The highest BCUT2D eigenvalue weighted by Gasteiger charge is 2.05. The molecule has 0 fully saturated rings. The zero-order valence-corrected chi connectivity index (χ0v) is 14.3. The number of nitrogens with zero attached hydrogens (tertiary/aromatic N) is 3. The van der Waals surface area contributed by atoms with Gasteiger partial charge in [-0.3, -0.25) is 0 Å². The smallest absolute Gasteiger partial charge is 0.246 e. The Kier molecular flexibility index (Phi) is 4.65. The predicted molar refractivity (Wildman–Crippen MR) is 88.3 cm³/mol. The van der Waals surface area contributed by atoms with Gasteiger partial charge in [0.25, 0.3) is 0 Å². The Morgan fingerprint density at radius 1 is 0.636 bits per heavy atom. The monoisotopic (exact) mass is 421 g/mol. The van der Waals surface area contributed by atoms with E-state index in [1.54, 1.807) is 6.07 Å². The van der Waals surface area contributed by atoms with E-state index >= 15 is 0 Å². The number of benzene rings is 2. The van der Waals surface area contributed by atoms with E-state index in [0.29, 0.717) is 23.3 Å². The first-order valence-electron chi connectivity index (χ1n) is 6.26. The molecule has 0 saturated carbocycles. The molecule has 0 N–H and O–H groups in total. The van der Waals surface area contributed by atoms with Crippen molar-refractivity contribution >= 4 is 31.9 Å². The van der Waals surface area contributed by atoms with Gasteiger partial charge in [-0.15, -0.1) is 0 Å². The van der Waals surface area contributed by atoms with Crippen LogP contribution in [-0.4, -0.2) is 15.4 Å². The molecule has 0 aliphatic carbocycles. The summed E-state index contributed by atoms with van der Waals surface area (Å²) in [5.74, 6) is 1.92. The number of ether oxygens (including phenoxy) is 2. The van der Waals surface area contributed by atoms with Gasteiger partial charge in [-0.2, -0.15) is 0 Å². The third kappa shape index (κ3) is 4.02. The maximum Gasteiger partial charge on any atom is 0.246 e. The van der Waals surface area contributed by atoms with Crippen LogP contribution < -0.4 is 9.47 Å². The van der Waals surface area contributed by atoms with Gasteiger partial charge >= 0.3 is 0 Å². The number of rotatable bonds is 4. The van der Waals surface area contributed by atoms with Gasteiger partial charge in [0.05, 0.1) is 6.07 Å². The first kappa shape index (κ1) is 14.9. The fourth-order valence-electron chi connectivity index (χ4n) is 1.62. The van der Waals surface area contributed by atoms with Crippen molar-refractivity contribution in [3.63, 3.8) is 0 Å². The summed E-state index contributed by atoms with van der Waals surface area (Å²) < 4.78 is 13.2. The van der Waals surface area contributed by atoms with Crippen LogP contribution in [0.1, 0.15) is 0 Å². The standard InChI is InChI=1S/C15H9Br2N3O2/c16-10-1-5-12(6-2-10)21-14-9-15(19-20-18-14)22-13-7-3-11(17)4-8-13/h1-9H. The van der Waals surface area contributed by atoms with Crippen molar-refractivity contribution < 1.29 is 9.47 Å². The maximum atomic E-state index is 5.61. The summed E-state index contributed by atoms with van der Waals surface area (Å²) in [5.41, 5.74) is 0. The van der Waals surface area contributed by atoms with Gasteiger partial charge in [0, 0.05) is 8.95 Å². The topological polar surface area (TPSA) is 57.1 Å². The Hall–Kier alpha value is -1.99. The molecule has 0 amide bonds. The summed E-state index contributed by atoms with van der Waals surface area (Å²) in [6, 6.07) is 16.4. The van der Waals surface area contributed by atoms with Crippen molar-refractivity contribution in [1.82, 2.24) is 15.4 Å². The Bertz CT molecular complexity index is 702. The van der Waals surface area contributed by atoms with Crippen molar-refractivity contribution in [3.05, 3.63) is 63.5 Å². The van der Waals surface area contributed by atoms with E-state index in [-0.39, 0.29) is 0 Å². The van der Waals surface area contributed by atoms with Crippen LogP contribution in [0.25, 0.3) is 0 Å². The van der Waals surface area contributed by atoms with Crippen LogP contribution in [0.3, 0.4) is 0 Å². The van der Waals surface area contributed by atoms with Gasteiger partial charge in [0.2, 0.25) is 11.8 Å². The van der Waals surface area contributed by atoms with Crippen LogP contribution >= 0.6 is 31.9 Å². The average Bonchev–Trinajstić information content (AvgIpc) is 2.52. The number of aromatic nitrogens is 3. The molecule has 0 bridgehead atoms. The van der Waals surface area contributed by atoms with Gasteiger partial charge in [-0.1, -0.05) is 42.1 Å². The van der Waals surface area contributed by atoms with Crippen molar-refractivity contribution in [3.8, 4) is 23.3 Å². The lowest BCUT2D eigenvalue weighted by molar-refractivity contribution is 0.416. The summed E-state index contributed by atoms with van der Waals surface area (Å²) in [4.78, 5) is 0. The second kappa shape index (κ2) is 6.85. The third-order valence-corrected chi connectivity index (χ3v) is 3.66. The lowest BCUT2D eigenvalue weighted by Gasteiger charge is -2.06. The fraction of sp³-hybridized carbons (Fsp3) is 0. The van der Waals surface area contributed by atoms with E-state index in [1.165, 1.54) is 0 Å². The lowest BCUT2D eigenvalue weighted by Crippen LogP contribution is -1.96. The minimum atomic E-state index is 0.310. The SMILES string of the molecule is Brc1ccc(Oc2cc(Oc3ccc(Br)cc3)nnn2)cc1. The largest absolute Gasteiger partial charge is 0.437 e. The summed E-state index contributed by atoms with van der Waals surface area (Å²) in [5, 5.41) is 11.3. The highest BCUT2D eigenvalue weighted by molar-refractivity contribution is 9.10. The average molecular weight is 423 g/mol. The minimum Gasteiger partial charge on any atom is -0.437 e. The second-order valence-corrected chi connectivity index (χ2v) is 6.05. The zero-order valence-electron chi connectivity index (χ0n) is 11.1. The van der Waals surface area contributed by atoms with Crippen molar-refractivity contribution in [2.45, 2.75) is 0 Å². The quantitative estimate of drug-likeness (QED) is 0.593. The van der Waals surface area contributed by atoms with E-state index < -0.39 is 0 Å². The normalized spacial score (nSPS) is 10.3. The molecule has 2 aromatic carbocycles. The first-order chi connectivity index (χ1) is 10.7. The molecule has 0 saturated heterocycles. The molecule has 5 nitrogen and oxygen atoms in total. The molecular formula is C15H9Br2N3O2. The molecule has 0 radical (unpaired) electrons. The molecule has 110 valence electrons. The van der Waals surface area contributed by atoms with E-state index in [9.17, 15) is 0 Å². The van der Waals surface area contributed by atoms with Crippen molar-refractivity contribution in [2.24, 2.45) is 0 Å². The fourth-order valence-corrected chi connectivity index (χ4v) is 2.15. The zero-order chi connectivity index (χ0) is 15.4. The molecule has 7 heteroatoms. The molecule has 3 aromatic rings. The van der Waals surface area contributed by atoms with E-state index in [0.717, 1.165) is 8.95 Å². The molecule has 1 heterocycles. The van der Waals surface area contributed by atoms with Crippen LogP contribution in [0, 0.1) is 0 Å². The molecular weight excluding hydrogens is 414 g/mol. The number of hydrogen-bond donors (Lipinski definition) is 0. The van der Waals surface area contributed by atoms with E-state index in [1.807, 2.05) is 48.5 Å². The molecule has 0 atom stereocenters. The third-order valence-electron chi connectivity index (χ3n) is 2.61. The van der Waals surface area contributed by atoms with Crippen LogP contribution in [-0.2, 0) is 0 Å². The van der Waals surface area contributed by atoms with Crippen LogP contribution in [0.2, 0.25) is 0 Å². The summed E-state index contributed by atoms with van der Waals surface area (Å²) in [6.07, 6.45) is 0. The molecule has 0 aliphatic heterocycles. The summed E-state index contributed by atoms with van der Waals surface area (Å²) in [7, 11) is 0. The molecule has 0 aliphatic rings. The Morgan fingerprint density at radius 3 is 1.45 bits per heavy atom. The van der Waals surface area contributed by atoms with Gasteiger partial charge in [0.15, 0.2) is 0 Å². The van der Waals surface area contributed by atoms with Gasteiger partial charge < -0.3 is 9.47 Å². The predicted octanol–water partition coefficient (Wildman–Crippen LogP) is 4.98. The van der Waals surface area contributed by atoms with Gasteiger partial charge in [-0.25, -0.2) is 0 Å². The maximum absolute atomic E-state index is 5.61. The van der Waals surface area contributed by atoms with Crippen molar-refractivity contribution in [2.75, 3.05) is 0 Å². The Balaban J connectivity index is 1.74. The van der Waals surface area contributed by atoms with Gasteiger partial charge in [0.1, 0.15) is 11.5 Å². The molecule has 0 unspecified atom stereocenters. The molecule has 0 spiro atoms. The van der Waals surface area contributed by atoms with Crippen LogP contribution in [0.5, 0.6) is 23.3 Å². The van der Waals surface area contributed by atoms with Crippen LogP contribution in [0.4, 0.5) is 0 Å². The van der Waals surface area contributed by atoms with Gasteiger partial charge in [-0.05, 0) is 53.7 Å². The summed E-state index contributed by atoms with van der Waals surface area (Å²) >= 11 is 6.74. The van der Waals surface area contributed by atoms with E-state index in [2.05, 4.69) is 47.3 Å². The highest BCUT2D eigenvalue weighted by Crippen LogP contribution is 2.25. The molecule has 1 aromatic heterocycles. The Morgan fingerprint density at radius 2 is 1.05 bits per heavy atom. The highest BCUT2D eigenvalue weighted by atomic mass is 79.9. The lowest BCUT2D eigenvalue weighted by atomic mass is 10.3. The molecule has 22 heavy (non-hydrogen) atoms. The van der Waals surface area contributed by atoms with Crippen LogP contribution in [0.15, 0.2) is 63.5 Å². The summed E-state index contributed by atoms with van der Waals surface area (Å²) in [6.45, 7) is 0.